The summed E-state index contributed by atoms with van der Waals surface area (Å²) >= 11 is 0. The molecule has 2 aromatic rings. The molecule has 0 aliphatic carbocycles. The Hall–Kier alpha value is -3.09. The summed E-state index contributed by atoms with van der Waals surface area (Å²) in [6.45, 7) is 6.47. The lowest BCUT2D eigenvalue weighted by atomic mass is 10.1. The summed E-state index contributed by atoms with van der Waals surface area (Å²) in [6, 6.07) is 10.3. The van der Waals surface area contributed by atoms with E-state index in [1.165, 1.54) is 0 Å². The summed E-state index contributed by atoms with van der Waals surface area (Å²) in [5.74, 6) is -0.155. The van der Waals surface area contributed by atoms with Crippen molar-refractivity contribution < 1.29 is 18.8 Å². The molecule has 1 aromatic heterocycles. The zero-order chi connectivity index (χ0) is 20.3. The summed E-state index contributed by atoms with van der Waals surface area (Å²) in [5.41, 5.74) is 0.795. The third kappa shape index (κ3) is 5.00. The first kappa shape index (κ1) is 19.7. The average molecular weight is 383 g/mol. The van der Waals surface area contributed by atoms with Crippen molar-refractivity contribution in [1.82, 2.24) is 10.2 Å². The minimum Gasteiger partial charge on any atom is -0.467 e. The third-order valence-electron chi connectivity index (χ3n) is 4.42. The quantitative estimate of drug-likeness (QED) is 0.830. The van der Waals surface area contributed by atoms with E-state index in [1.807, 2.05) is 20.8 Å². The number of hydrogen-bond donors (Lipinski definition) is 2. The van der Waals surface area contributed by atoms with Crippen LogP contribution in [0.1, 0.15) is 43.3 Å². The van der Waals surface area contributed by atoms with Crippen LogP contribution in [-0.2, 0) is 16.1 Å². The molecule has 1 fully saturated rings. The fourth-order valence-electron chi connectivity index (χ4n) is 3.05. The van der Waals surface area contributed by atoms with E-state index in [-0.39, 0.29) is 29.7 Å². The predicted octanol–water partition coefficient (Wildman–Crippen LogP) is 2.80. The van der Waals surface area contributed by atoms with Gasteiger partial charge in [-0.3, -0.25) is 14.4 Å². The smallest absolute Gasteiger partial charge is 0.251 e. The van der Waals surface area contributed by atoms with Crippen LogP contribution < -0.4 is 10.6 Å². The number of rotatable bonds is 5. The van der Waals surface area contributed by atoms with Gasteiger partial charge in [0.2, 0.25) is 11.8 Å². The summed E-state index contributed by atoms with van der Waals surface area (Å²) in [7, 11) is 0. The van der Waals surface area contributed by atoms with Crippen LogP contribution in [0.4, 0.5) is 5.69 Å². The second kappa shape index (κ2) is 7.88. The van der Waals surface area contributed by atoms with Crippen LogP contribution >= 0.6 is 0 Å². The van der Waals surface area contributed by atoms with E-state index in [0.717, 1.165) is 0 Å². The Balaban J connectivity index is 1.56. The summed E-state index contributed by atoms with van der Waals surface area (Å²) in [4.78, 5) is 38.5. The molecule has 0 radical (unpaired) electrons. The van der Waals surface area contributed by atoms with Gasteiger partial charge in [-0.15, -0.1) is 0 Å². The molecule has 0 spiro atoms. The maximum absolute atomic E-state index is 12.5. The summed E-state index contributed by atoms with van der Waals surface area (Å²) < 4.78 is 5.27. The lowest BCUT2D eigenvalue weighted by Crippen LogP contribution is -2.40. The molecule has 1 unspecified atom stereocenters. The van der Waals surface area contributed by atoms with Crippen molar-refractivity contribution in [3.8, 4) is 0 Å². The molecular formula is C21H25N3O4. The maximum atomic E-state index is 12.5. The van der Waals surface area contributed by atoms with Crippen molar-refractivity contribution in [2.75, 3.05) is 11.9 Å². The zero-order valence-electron chi connectivity index (χ0n) is 16.3. The van der Waals surface area contributed by atoms with E-state index in [2.05, 4.69) is 10.6 Å². The van der Waals surface area contributed by atoms with Gasteiger partial charge >= 0.3 is 0 Å². The number of nitrogens with zero attached hydrogens (tertiary/aromatic N) is 1. The molecule has 0 bridgehead atoms. The van der Waals surface area contributed by atoms with E-state index in [0.29, 0.717) is 30.1 Å². The van der Waals surface area contributed by atoms with Crippen molar-refractivity contribution in [1.29, 1.82) is 0 Å². The molecule has 28 heavy (non-hydrogen) atoms. The minimum atomic E-state index is -0.411. The van der Waals surface area contributed by atoms with Crippen LogP contribution in [0, 0.1) is 5.92 Å². The number of nitrogens with one attached hydrogen (secondary N) is 2. The van der Waals surface area contributed by atoms with E-state index >= 15 is 0 Å². The van der Waals surface area contributed by atoms with Gasteiger partial charge < -0.3 is 20.0 Å². The molecule has 148 valence electrons. The van der Waals surface area contributed by atoms with E-state index in [1.54, 1.807) is 47.6 Å². The highest BCUT2D eigenvalue weighted by atomic mass is 16.3. The van der Waals surface area contributed by atoms with Gasteiger partial charge in [-0.1, -0.05) is 0 Å². The molecule has 1 saturated heterocycles. The normalized spacial score (nSPS) is 16.9. The van der Waals surface area contributed by atoms with Gasteiger partial charge in [-0.05, 0) is 57.2 Å². The molecule has 7 heteroatoms. The van der Waals surface area contributed by atoms with Gasteiger partial charge in [0.1, 0.15) is 5.76 Å². The fraction of sp³-hybridized carbons (Fsp3) is 0.381. The Morgan fingerprint density at radius 1 is 1.18 bits per heavy atom. The Labute approximate surface area is 164 Å². The highest BCUT2D eigenvalue weighted by Gasteiger charge is 2.34. The first-order valence-electron chi connectivity index (χ1n) is 9.25. The predicted molar refractivity (Wildman–Crippen MR) is 105 cm³/mol. The molecule has 1 aliphatic heterocycles. The zero-order valence-corrected chi connectivity index (χ0v) is 16.3. The van der Waals surface area contributed by atoms with Crippen molar-refractivity contribution in [2.24, 2.45) is 5.92 Å². The van der Waals surface area contributed by atoms with Crippen molar-refractivity contribution in [3.63, 3.8) is 0 Å². The number of hydrogen-bond acceptors (Lipinski definition) is 4. The maximum Gasteiger partial charge on any atom is 0.251 e. The number of carbonyl (C=O) groups excluding carboxylic acids is 3. The van der Waals surface area contributed by atoms with Crippen LogP contribution in [0.3, 0.4) is 0 Å². The summed E-state index contributed by atoms with van der Waals surface area (Å²) in [5, 5.41) is 5.72. The molecule has 0 saturated carbocycles. The van der Waals surface area contributed by atoms with Gasteiger partial charge in [-0.25, -0.2) is 0 Å². The van der Waals surface area contributed by atoms with Crippen molar-refractivity contribution in [2.45, 2.75) is 39.3 Å². The van der Waals surface area contributed by atoms with Crippen molar-refractivity contribution in [3.05, 3.63) is 54.0 Å². The number of amides is 3. The molecular weight excluding hydrogens is 358 g/mol. The average Bonchev–Trinajstić information content (AvgIpc) is 3.25. The van der Waals surface area contributed by atoms with E-state index < -0.39 is 5.92 Å². The Morgan fingerprint density at radius 3 is 2.50 bits per heavy atom. The van der Waals surface area contributed by atoms with Gasteiger partial charge in [0.25, 0.3) is 5.91 Å². The monoisotopic (exact) mass is 383 g/mol. The standard InChI is InChI=1S/C21H25N3O4/c1-21(2,3)23-20(27)14-6-8-16(9-7-14)22-19(26)15-11-18(25)24(12-15)13-17-5-4-10-28-17/h4-10,15H,11-13H2,1-3H3,(H,22,26)(H,23,27). The SMILES string of the molecule is CC(C)(C)NC(=O)c1ccc(NC(=O)C2CC(=O)N(Cc3ccco3)C2)cc1. The van der Waals surface area contributed by atoms with Crippen LogP contribution in [-0.4, -0.2) is 34.7 Å². The molecule has 3 rings (SSSR count). The van der Waals surface area contributed by atoms with Crippen LogP contribution in [0.5, 0.6) is 0 Å². The van der Waals surface area contributed by atoms with E-state index in [9.17, 15) is 14.4 Å². The van der Waals surface area contributed by atoms with Gasteiger partial charge in [-0.2, -0.15) is 0 Å². The van der Waals surface area contributed by atoms with Crippen LogP contribution in [0.15, 0.2) is 47.1 Å². The van der Waals surface area contributed by atoms with Gasteiger partial charge in [0, 0.05) is 29.8 Å². The van der Waals surface area contributed by atoms with Crippen molar-refractivity contribution >= 4 is 23.4 Å². The topological polar surface area (TPSA) is 91.7 Å². The number of benzene rings is 1. The van der Waals surface area contributed by atoms with Crippen LogP contribution in [0.25, 0.3) is 0 Å². The third-order valence-corrected chi connectivity index (χ3v) is 4.42. The fourth-order valence-corrected chi connectivity index (χ4v) is 3.05. The summed E-state index contributed by atoms with van der Waals surface area (Å²) in [6.07, 6.45) is 1.74. The number of carbonyl (C=O) groups is 3. The lowest BCUT2D eigenvalue weighted by Gasteiger charge is -2.20. The highest BCUT2D eigenvalue weighted by molar-refractivity contribution is 5.98. The lowest BCUT2D eigenvalue weighted by molar-refractivity contribution is -0.128. The molecule has 1 atom stereocenters. The second-order valence-corrected chi connectivity index (χ2v) is 8.03. The second-order valence-electron chi connectivity index (χ2n) is 8.03. The highest BCUT2D eigenvalue weighted by Crippen LogP contribution is 2.22. The molecule has 7 nitrogen and oxygen atoms in total. The molecule has 2 N–H and O–H groups in total. The molecule has 1 aromatic carbocycles. The first-order chi connectivity index (χ1) is 13.2. The molecule has 1 aliphatic rings. The number of likely N-dealkylation sites (tertiary alicyclic amines) is 1. The molecule has 3 amide bonds. The van der Waals surface area contributed by atoms with E-state index in [4.69, 9.17) is 4.42 Å². The Morgan fingerprint density at radius 2 is 1.89 bits per heavy atom. The first-order valence-corrected chi connectivity index (χ1v) is 9.25. The Bertz CT molecular complexity index is 851. The Kier molecular flexibility index (Phi) is 5.53. The molecule has 2 heterocycles. The minimum absolute atomic E-state index is 0.0641. The van der Waals surface area contributed by atoms with Gasteiger partial charge in [0.05, 0.1) is 18.7 Å². The number of furan rings is 1. The largest absolute Gasteiger partial charge is 0.467 e. The van der Waals surface area contributed by atoms with Crippen LogP contribution in [0.2, 0.25) is 0 Å². The van der Waals surface area contributed by atoms with Gasteiger partial charge in [0.15, 0.2) is 0 Å². The number of anilines is 1.